The van der Waals surface area contributed by atoms with Crippen LogP contribution in [0.15, 0.2) is 66.2 Å². The zero-order valence-electron chi connectivity index (χ0n) is 19.0. The molecule has 0 aliphatic heterocycles. The molecule has 0 aromatic heterocycles. The summed E-state index contributed by atoms with van der Waals surface area (Å²) in [7, 11) is 1.29. The topological polar surface area (TPSA) is 88.4 Å². The van der Waals surface area contributed by atoms with Gasteiger partial charge in [-0.25, -0.2) is 4.79 Å². The van der Waals surface area contributed by atoms with E-state index >= 15 is 0 Å². The Morgan fingerprint density at radius 2 is 1.76 bits per heavy atom. The summed E-state index contributed by atoms with van der Waals surface area (Å²) in [6, 6.07) is 19.2. The minimum absolute atomic E-state index is 0.100. The first-order valence-corrected chi connectivity index (χ1v) is 10.8. The smallest absolute Gasteiger partial charge is 0.337 e. The number of hydrogen-bond acceptors (Lipinski definition) is 5. The Kier molecular flexibility index (Phi) is 8.07. The first-order chi connectivity index (χ1) is 16.3. The molecule has 1 amide bonds. The number of rotatable bonds is 7. The average molecular weight is 475 g/mol. The molecule has 3 aromatic rings. The fourth-order valence-corrected chi connectivity index (χ4v) is 3.34. The summed E-state index contributed by atoms with van der Waals surface area (Å²) in [5, 5.41) is 12.5. The summed E-state index contributed by atoms with van der Waals surface area (Å²) in [6.07, 6.45) is 1.44. The molecular weight excluding hydrogens is 452 g/mol. The lowest BCUT2D eigenvalue weighted by molar-refractivity contribution is -0.112. The number of carbonyl (C=O) groups excluding carboxylic acids is 2. The molecule has 1 N–H and O–H groups in total. The van der Waals surface area contributed by atoms with Crippen molar-refractivity contribution in [2.45, 2.75) is 20.5 Å². The van der Waals surface area contributed by atoms with E-state index in [2.05, 4.69) is 23.0 Å². The second kappa shape index (κ2) is 11.2. The Balaban J connectivity index is 1.68. The number of nitrogens with zero attached hydrogens (tertiary/aromatic N) is 1. The van der Waals surface area contributed by atoms with Gasteiger partial charge in [0.25, 0.3) is 5.91 Å². The third-order valence-electron chi connectivity index (χ3n) is 5.16. The Bertz CT molecular complexity index is 1290. The molecule has 3 rings (SSSR count). The highest BCUT2D eigenvalue weighted by atomic mass is 35.5. The Labute approximate surface area is 203 Å². The van der Waals surface area contributed by atoms with Gasteiger partial charge in [-0.15, -0.1) is 0 Å². The Morgan fingerprint density at radius 3 is 2.38 bits per heavy atom. The van der Waals surface area contributed by atoms with E-state index in [1.807, 2.05) is 25.1 Å². The zero-order chi connectivity index (χ0) is 24.7. The fraction of sp³-hybridized carbons (Fsp3) is 0.148. The van der Waals surface area contributed by atoms with E-state index in [4.69, 9.17) is 16.3 Å². The third kappa shape index (κ3) is 6.25. The molecular formula is C27H23ClN2O4. The van der Waals surface area contributed by atoms with Gasteiger partial charge < -0.3 is 14.8 Å². The minimum Gasteiger partial charge on any atom is -0.487 e. The minimum atomic E-state index is -0.584. The monoisotopic (exact) mass is 474 g/mol. The molecule has 0 aliphatic rings. The van der Waals surface area contributed by atoms with Crippen molar-refractivity contribution in [3.8, 4) is 11.8 Å². The van der Waals surface area contributed by atoms with Crippen LogP contribution in [0.5, 0.6) is 5.75 Å². The predicted molar refractivity (Wildman–Crippen MR) is 132 cm³/mol. The maximum Gasteiger partial charge on any atom is 0.337 e. The summed E-state index contributed by atoms with van der Waals surface area (Å²) in [4.78, 5) is 24.0. The number of anilines is 1. The van der Waals surface area contributed by atoms with Crippen LogP contribution in [-0.4, -0.2) is 19.0 Å². The fourth-order valence-electron chi connectivity index (χ4n) is 3.10. The first kappa shape index (κ1) is 24.6. The molecule has 0 atom stereocenters. The van der Waals surface area contributed by atoms with Crippen molar-refractivity contribution in [2.24, 2.45) is 0 Å². The van der Waals surface area contributed by atoms with Gasteiger partial charge in [0.05, 0.1) is 17.7 Å². The van der Waals surface area contributed by atoms with Crippen molar-refractivity contribution >= 4 is 35.2 Å². The van der Waals surface area contributed by atoms with Crippen LogP contribution in [0, 0.1) is 25.2 Å². The molecule has 0 heterocycles. The SMILES string of the molecule is COC(=O)c1ccc(NC(=O)/C(C#N)=C/c2ccc(OCc3ccc(C)c(C)c3)c(Cl)c2)cc1. The van der Waals surface area contributed by atoms with Crippen LogP contribution in [-0.2, 0) is 16.1 Å². The van der Waals surface area contributed by atoms with E-state index in [9.17, 15) is 14.9 Å². The van der Waals surface area contributed by atoms with Gasteiger partial charge in [-0.2, -0.15) is 5.26 Å². The molecule has 34 heavy (non-hydrogen) atoms. The molecule has 0 fully saturated rings. The summed E-state index contributed by atoms with van der Waals surface area (Å²) in [5.74, 6) is -0.557. The van der Waals surface area contributed by atoms with E-state index in [0.717, 1.165) is 5.56 Å². The number of esters is 1. The van der Waals surface area contributed by atoms with Crippen LogP contribution in [0.2, 0.25) is 5.02 Å². The van der Waals surface area contributed by atoms with Gasteiger partial charge in [0.1, 0.15) is 24.0 Å². The third-order valence-corrected chi connectivity index (χ3v) is 5.46. The summed E-state index contributed by atoms with van der Waals surface area (Å²) >= 11 is 6.36. The quantitative estimate of drug-likeness (QED) is 0.263. The number of hydrogen-bond donors (Lipinski definition) is 1. The molecule has 0 saturated carbocycles. The lowest BCUT2D eigenvalue weighted by Crippen LogP contribution is -2.13. The highest BCUT2D eigenvalue weighted by Gasteiger charge is 2.12. The number of nitrogens with one attached hydrogen (secondary N) is 1. The predicted octanol–water partition coefficient (Wildman–Crippen LogP) is 5.87. The molecule has 0 unspecified atom stereocenters. The molecule has 7 heteroatoms. The normalized spacial score (nSPS) is 10.9. The van der Waals surface area contributed by atoms with Gasteiger partial charge in [-0.05, 0) is 78.6 Å². The van der Waals surface area contributed by atoms with Crippen molar-refractivity contribution in [3.05, 3.63) is 99.1 Å². The number of benzene rings is 3. The number of halogens is 1. The van der Waals surface area contributed by atoms with Crippen LogP contribution >= 0.6 is 11.6 Å². The first-order valence-electron chi connectivity index (χ1n) is 10.4. The largest absolute Gasteiger partial charge is 0.487 e. The van der Waals surface area contributed by atoms with Crippen LogP contribution in [0.3, 0.4) is 0 Å². The number of methoxy groups -OCH3 is 1. The summed E-state index contributed by atoms with van der Waals surface area (Å²) < 4.78 is 10.5. The van der Waals surface area contributed by atoms with Crippen molar-refractivity contribution in [1.82, 2.24) is 0 Å². The molecule has 0 spiro atoms. The summed E-state index contributed by atoms with van der Waals surface area (Å²) in [6.45, 7) is 4.48. The molecule has 0 saturated heterocycles. The van der Waals surface area contributed by atoms with Crippen molar-refractivity contribution in [3.63, 3.8) is 0 Å². The van der Waals surface area contributed by atoms with Gasteiger partial charge in [0.15, 0.2) is 0 Å². The Morgan fingerprint density at radius 1 is 1.03 bits per heavy atom. The second-order valence-electron chi connectivity index (χ2n) is 7.59. The lowest BCUT2D eigenvalue weighted by atomic mass is 10.1. The molecule has 0 radical (unpaired) electrons. The van der Waals surface area contributed by atoms with Crippen molar-refractivity contribution in [2.75, 3.05) is 12.4 Å². The van der Waals surface area contributed by atoms with Crippen molar-refractivity contribution < 1.29 is 19.1 Å². The van der Waals surface area contributed by atoms with Crippen LogP contribution in [0.4, 0.5) is 5.69 Å². The van der Waals surface area contributed by atoms with E-state index in [1.54, 1.807) is 30.3 Å². The van der Waals surface area contributed by atoms with Gasteiger partial charge >= 0.3 is 5.97 Å². The van der Waals surface area contributed by atoms with E-state index in [1.165, 1.54) is 36.4 Å². The number of nitriles is 1. The lowest BCUT2D eigenvalue weighted by Gasteiger charge is -2.10. The van der Waals surface area contributed by atoms with Gasteiger partial charge in [-0.3, -0.25) is 4.79 Å². The summed E-state index contributed by atoms with van der Waals surface area (Å²) in [5.41, 5.74) is 4.71. The van der Waals surface area contributed by atoms with E-state index < -0.39 is 11.9 Å². The maximum absolute atomic E-state index is 12.5. The highest BCUT2D eigenvalue weighted by molar-refractivity contribution is 6.32. The van der Waals surface area contributed by atoms with Crippen LogP contribution in [0.1, 0.15) is 32.6 Å². The van der Waals surface area contributed by atoms with E-state index in [0.29, 0.717) is 34.2 Å². The molecule has 6 nitrogen and oxygen atoms in total. The number of amides is 1. The van der Waals surface area contributed by atoms with E-state index in [-0.39, 0.29) is 5.57 Å². The number of carbonyl (C=O) groups is 2. The van der Waals surface area contributed by atoms with Gasteiger partial charge in [0, 0.05) is 5.69 Å². The molecule has 172 valence electrons. The van der Waals surface area contributed by atoms with Crippen LogP contribution in [0.25, 0.3) is 6.08 Å². The highest BCUT2D eigenvalue weighted by Crippen LogP contribution is 2.27. The molecule has 0 bridgehead atoms. The number of ether oxygens (including phenoxy) is 2. The standard InChI is InChI=1S/C27H23ClN2O4/c1-17-4-5-20(12-18(17)2)16-34-25-11-6-19(14-24(25)28)13-22(15-29)26(31)30-23-9-7-21(8-10-23)27(32)33-3/h4-14H,16H2,1-3H3,(H,30,31)/b22-13+. The Hall–Kier alpha value is -4.08. The zero-order valence-corrected chi connectivity index (χ0v) is 19.8. The molecule has 3 aromatic carbocycles. The number of aryl methyl sites for hydroxylation is 2. The van der Waals surface area contributed by atoms with Gasteiger partial charge in [0.2, 0.25) is 0 Å². The van der Waals surface area contributed by atoms with Crippen molar-refractivity contribution in [1.29, 1.82) is 5.26 Å². The van der Waals surface area contributed by atoms with Crippen LogP contribution < -0.4 is 10.1 Å². The second-order valence-corrected chi connectivity index (χ2v) is 8.00. The molecule has 0 aliphatic carbocycles. The maximum atomic E-state index is 12.5. The van der Waals surface area contributed by atoms with Gasteiger partial charge in [-0.1, -0.05) is 35.9 Å². The average Bonchev–Trinajstić information content (AvgIpc) is 2.84.